The second-order valence-corrected chi connectivity index (χ2v) is 8.21. The Morgan fingerprint density at radius 3 is 2.77 bits per heavy atom. The normalized spacial score (nSPS) is 45.7. The topological polar surface area (TPSA) is 120 Å². The lowest BCUT2D eigenvalue weighted by Gasteiger charge is -2.37. The van der Waals surface area contributed by atoms with E-state index in [1.54, 1.807) is 4.90 Å². The van der Waals surface area contributed by atoms with Crippen LogP contribution in [0.1, 0.15) is 19.3 Å². The third-order valence-electron chi connectivity index (χ3n) is 6.63. The highest BCUT2D eigenvalue weighted by molar-refractivity contribution is 5.90. The van der Waals surface area contributed by atoms with Crippen molar-refractivity contribution in [2.75, 3.05) is 19.6 Å². The molecule has 8 atom stereocenters. The minimum absolute atomic E-state index is 0.0288. The molecule has 0 aromatic heterocycles. The number of carbonyl (C=O) groups is 3. The highest BCUT2D eigenvalue weighted by Gasteiger charge is 2.64. The lowest BCUT2D eigenvalue weighted by atomic mass is 9.88. The minimum Gasteiger partial charge on any atom is -0.389 e. The van der Waals surface area contributed by atoms with E-state index in [4.69, 9.17) is 4.74 Å². The molecule has 5 aliphatic rings. The predicted octanol–water partition coefficient (Wildman–Crippen LogP) is -1.83. The van der Waals surface area contributed by atoms with Gasteiger partial charge in [0.1, 0.15) is 6.04 Å². The average molecular weight is 364 g/mol. The Kier molecular flexibility index (Phi) is 3.65. The van der Waals surface area contributed by atoms with Crippen LogP contribution in [0.4, 0.5) is 4.79 Å². The third kappa shape index (κ3) is 2.56. The molecule has 142 valence electrons. The summed E-state index contributed by atoms with van der Waals surface area (Å²) in [6.45, 7) is 0.871. The van der Waals surface area contributed by atoms with Crippen molar-refractivity contribution in [3.8, 4) is 0 Å². The summed E-state index contributed by atoms with van der Waals surface area (Å²) < 4.78 is 5.88. The first-order valence-corrected chi connectivity index (χ1v) is 9.48. The van der Waals surface area contributed by atoms with Crippen LogP contribution < -0.4 is 16.0 Å². The molecule has 0 aromatic carbocycles. The monoisotopic (exact) mass is 364 g/mol. The van der Waals surface area contributed by atoms with Gasteiger partial charge < -0.3 is 30.7 Å². The summed E-state index contributed by atoms with van der Waals surface area (Å²) in [5.74, 6) is 0.904. The Hall–Kier alpha value is -1.87. The van der Waals surface area contributed by atoms with Gasteiger partial charge in [0, 0.05) is 19.6 Å². The van der Waals surface area contributed by atoms with Gasteiger partial charge in [-0.2, -0.15) is 0 Å². The number of urea groups is 1. The zero-order chi connectivity index (χ0) is 18.0. The van der Waals surface area contributed by atoms with Gasteiger partial charge in [0.15, 0.2) is 0 Å². The van der Waals surface area contributed by atoms with E-state index >= 15 is 0 Å². The van der Waals surface area contributed by atoms with Gasteiger partial charge in [-0.3, -0.25) is 9.59 Å². The summed E-state index contributed by atoms with van der Waals surface area (Å²) in [7, 11) is 0. The Bertz CT molecular complexity index is 657. The number of amides is 4. The van der Waals surface area contributed by atoms with Crippen LogP contribution in [0.3, 0.4) is 0 Å². The third-order valence-corrected chi connectivity index (χ3v) is 6.63. The van der Waals surface area contributed by atoms with Crippen molar-refractivity contribution in [2.24, 2.45) is 17.8 Å². The Morgan fingerprint density at radius 1 is 1.27 bits per heavy atom. The summed E-state index contributed by atoms with van der Waals surface area (Å²) in [5, 5.41) is 18.5. The fraction of sp³-hybridized carbons (Fsp3) is 0.824. The van der Waals surface area contributed by atoms with Crippen molar-refractivity contribution in [3.63, 3.8) is 0 Å². The number of carbonyl (C=O) groups excluding carboxylic acids is 3. The number of nitrogens with one attached hydrogen (secondary N) is 3. The first-order valence-electron chi connectivity index (χ1n) is 9.48. The molecule has 1 aliphatic carbocycles. The smallest absolute Gasteiger partial charge is 0.315 e. The number of rotatable bonds is 3. The number of ether oxygens (including phenoxy) is 1. The molecule has 0 aromatic rings. The molecule has 4 amide bonds. The van der Waals surface area contributed by atoms with Crippen LogP contribution in [0.2, 0.25) is 0 Å². The molecular weight excluding hydrogens is 340 g/mol. The molecule has 4 heterocycles. The van der Waals surface area contributed by atoms with Gasteiger partial charge in [-0.25, -0.2) is 4.79 Å². The van der Waals surface area contributed by atoms with Gasteiger partial charge in [0.2, 0.25) is 11.8 Å². The lowest BCUT2D eigenvalue weighted by molar-refractivity contribution is -0.137. The van der Waals surface area contributed by atoms with E-state index in [0.29, 0.717) is 24.8 Å². The fourth-order valence-electron chi connectivity index (χ4n) is 5.12. The molecule has 2 bridgehead atoms. The Balaban J connectivity index is 1.14. The van der Waals surface area contributed by atoms with E-state index in [1.165, 1.54) is 6.42 Å². The largest absolute Gasteiger partial charge is 0.389 e. The van der Waals surface area contributed by atoms with Crippen LogP contribution in [0.5, 0.6) is 0 Å². The second-order valence-electron chi connectivity index (χ2n) is 8.21. The van der Waals surface area contributed by atoms with Gasteiger partial charge in [0.05, 0.1) is 30.3 Å². The highest BCUT2D eigenvalue weighted by Crippen LogP contribution is 2.60. The van der Waals surface area contributed by atoms with Gasteiger partial charge in [-0.15, -0.1) is 0 Å². The van der Waals surface area contributed by atoms with E-state index in [-0.39, 0.29) is 55.1 Å². The van der Waals surface area contributed by atoms with Crippen LogP contribution in [0.25, 0.3) is 0 Å². The maximum absolute atomic E-state index is 12.6. The van der Waals surface area contributed by atoms with E-state index in [0.717, 1.165) is 6.42 Å². The first kappa shape index (κ1) is 16.3. The van der Waals surface area contributed by atoms with E-state index in [2.05, 4.69) is 16.0 Å². The number of likely N-dealkylation sites (tertiary alicyclic amines) is 1. The molecule has 0 spiro atoms. The quantitative estimate of drug-likeness (QED) is 0.470. The maximum atomic E-state index is 12.6. The van der Waals surface area contributed by atoms with Crippen molar-refractivity contribution in [1.82, 2.24) is 20.9 Å². The molecule has 0 unspecified atom stereocenters. The zero-order valence-electron chi connectivity index (χ0n) is 14.4. The maximum Gasteiger partial charge on any atom is 0.315 e. The summed E-state index contributed by atoms with van der Waals surface area (Å²) in [5.41, 5.74) is 0. The van der Waals surface area contributed by atoms with E-state index < -0.39 is 12.1 Å². The van der Waals surface area contributed by atoms with Crippen LogP contribution >= 0.6 is 0 Å². The van der Waals surface area contributed by atoms with Gasteiger partial charge in [0.25, 0.3) is 0 Å². The van der Waals surface area contributed by atoms with Crippen LogP contribution in [-0.2, 0) is 14.3 Å². The summed E-state index contributed by atoms with van der Waals surface area (Å²) in [6.07, 6.45) is 1.98. The molecule has 9 heteroatoms. The second kappa shape index (κ2) is 5.82. The molecule has 0 radical (unpaired) electrons. The number of piperidine rings is 1. The highest BCUT2D eigenvalue weighted by atomic mass is 16.5. The first-order chi connectivity index (χ1) is 12.5. The van der Waals surface area contributed by atoms with Crippen LogP contribution in [-0.4, -0.2) is 77.9 Å². The van der Waals surface area contributed by atoms with Crippen molar-refractivity contribution >= 4 is 17.8 Å². The number of hydrogen-bond donors (Lipinski definition) is 4. The van der Waals surface area contributed by atoms with Crippen molar-refractivity contribution < 1.29 is 24.2 Å². The predicted molar refractivity (Wildman–Crippen MR) is 87.8 cm³/mol. The van der Waals surface area contributed by atoms with Crippen molar-refractivity contribution in [2.45, 2.75) is 49.7 Å². The molecule has 9 nitrogen and oxygen atoms in total. The molecule has 4 aliphatic heterocycles. The van der Waals surface area contributed by atoms with Crippen molar-refractivity contribution in [3.05, 3.63) is 0 Å². The molecule has 4 N–H and O–H groups in total. The molecule has 1 saturated carbocycles. The van der Waals surface area contributed by atoms with E-state index in [1.807, 2.05) is 0 Å². The standard InChI is InChI=1S/C17H24N4O5/c22-12-6-21(16(24)11-5-18-17(25)20-11)2-1-10(12)19-15(23)9-4-13-7-3-8(7)14(9)26-13/h7-14,22H,1-6H2,(H,19,23)(H2,18,20,25)/t7-,8+,9-,10+,11-,12+,13+,14+/m1/s1. The SMILES string of the molecule is O=C1NC[C@H](C(=O)N2CC[C@H](NC(=O)[C@@H]3C[C@@H]4O[C@H]3[C@H]3C[C@H]34)[C@@H](O)C2)N1. The van der Waals surface area contributed by atoms with Gasteiger partial charge in [-0.1, -0.05) is 0 Å². The van der Waals surface area contributed by atoms with Crippen LogP contribution in [0, 0.1) is 17.8 Å². The van der Waals surface area contributed by atoms with E-state index in [9.17, 15) is 19.5 Å². The number of fused-ring (bicyclic) bond motifs is 5. The number of nitrogens with zero attached hydrogens (tertiary/aromatic N) is 1. The molecule has 5 fully saturated rings. The number of aliphatic hydroxyl groups excluding tert-OH is 1. The molecule has 4 saturated heterocycles. The summed E-state index contributed by atoms with van der Waals surface area (Å²) in [4.78, 5) is 37.8. The van der Waals surface area contributed by atoms with Gasteiger partial charge in [-0.05, 0) is 31.1 Å². The van der Waals surface area contributed by atoms with Crippen molar-refractivity contribution in [1.29, 1.82) is 0 Å². The average Bonchev–Trinajstić information content (AvgIpc) is 2.98. The summed E-state index contributed by atoms with van der Waals surface area (Å²) >= 11 is 0. The number of aliphatic hydroxyl groups is 1. The van der Waals surface area contributed by atoms with Gasteiger partial charge >= 0.3 is 6.03 Å². The molecule has 5 rings (SSSR count). The lowest BCUT2D eigenvalue weighted by Crippen LogP contribution is -2.58. The summed E-state index contributed by atoms with van der Waals surface area (Å²) in [6, 6.07) is -1.28. The number of hydrogen-bond acceptors (Lipinski definition) is 5. The minimum atomic E-state index is -0.810. The Morgan fingerprint density at radius 2 is 2.12 bits per heavy atom. The van der Waals surface area contributed by atoms with Crippen LogP contribution in [0.15, 0.2) is 0 Å². The fourth-order valence-corrected chi connectivity index (χ4v) is 5.12. The molecular formula is C17H24N4O5. The number of β-amino-alcohol motifs (C(OH)–C–C–N with tert-alkyl or cyclic N) is 1. The zero-order valence-corrected chi connectivity index (χ0v) is 14.4. The molecule has 26 heavy (non-hydrogen) atoms. The Labute approximate surface area is 150 Å².